The zero-order chi connectivity index (χ0) is 12.9. The summed E-state index contributed by atoms with van der Waals surface area (Å²) < 4.78 is 0. The number of benzene rings is 2. The van der Waals surface area contributed by atoms with Crippen LogP contribution in [-0.2, 0) is 0 Å². The van der Waals surface area contributed by atoms with E-state index in [-0.39, 0.29) is 0 Å². The number of anilines is 1. The summed E-state index contributed by atoms with van der Waals surface area (Å²) in [7, 11) is 0. The molecule has 2 aromatic carbocycles. The second kappa shape index (κ2) is 10.1. The Bertz CT molecular complexity index is 419. The predicted molar refractivity (Wildman–Crippen MR) is 81.6 cm³/mol. The van der Waals surface area contributed by atoms with Gasteiger partial charge in [0.2, 0.25) is 0 Å². The summed E-state index contributed by atoms with van der Waals surface area (Å²) in [5, 5.41) is 4.08. The van der Waals surface area contributed by atoms with E-state index in [9.17, 15) is 0 Å². The second-order valence-electron chi connectivity index (χ2n) is 3.36. The van der Waals surface area contributed by atoms with Gasteiger partial charge in [0.1, 0.15) is 0 Å². The van der Waals surface area contributed by atoms with Crippen molar-refractivity contribution in [3.8, 4) is 0 Å². The number of hydrogen-bond acceptors (Lipinski definition) is 2. The van der Waals surface area contributed by atoms with Gasteiger partial charge >= 0.3 is 0 Å². The molecule has 0 aliphatic carbocycles. The number of nitrogens with two attached hydrogens (primary N) is 1. The van der Waals surface area contributed by atoms with Gasteiger partial charge in [0.15, 0.2) is 0 Å². The Morgan fingerprint density at radius 2 is 0.944 bits per heavy atom. The van der Waals surface area contributed by atoms with E-state index in [1.165, 1.54) is 0 Å². The van der Waals surface area contributed by atoms with Crippen LogP contribution in [0.3, 0.4) is 0 Å². The second-order valence-corrected chi connectivity index (χ2v) is 4.18. The maximum Gasteiger partial charge on any atom is 0.0313 e. The van der Waals surface area contributed by atoms with Gasteiger partial charge < -0.3 is 5.73 Å². The lowest BCUT2D eigenvalue weighted by molar-refractivity contribution is 1.69. The summed E-state index contributed by atoms with van der Waals surface area (Å²) >= 11 is 1.71. The average molecular weight is 255 g/mol. The molecule has 0 saturated carbocycles. The molecule has 0 amide bonds. The molecular weight excluding hydrogens is 238 g/mol. The highest BCUT2D eigenvalue weighted by atomic mass is 32.1. The lowest BCUT2D eigenvalue weighted by Gasteiger charge is -1.83. The van der Waals surface area contributed by atoms with Crippen molar-refractivity contribution in [3.05, 3.63) is 89.6 Å². The van der Waals surface area contributed by atoms with Crippen molar-refractivity contribution in [1.82, 2.24) is 0 Å². The molecule has 0 saturated heterocycles. The standard InChI is InChI=1S/C6H7N.C6H6.C4H4S/c7-6-4-2-1-3-5-6;1-2-4-6-5-3-1;1-2-4-5-3-1/h1-5H,7H2;1-6H;1-4H. The SMILES string of the molecule is Nc1ccccc1.c1ccccc1.c1ccsc1. The molecule has 18 heavy (non-hydrogen) atoms. The van der Waals surface area contributed by atoms with E-state index in [1.54, 1.807) is 11.3 Å². The Balaban J connectivity index is 0.000000137. The lowest BCUT2D eigenvalue weighted by atomic mass is 10.3. The number of nitrogen functional groups attached to an aromatic ring is 1. The molecule has 3 rings (SSSR count). The molecule has 0 aliphatic heterocycles. The maximum absolute atomic E-state index is 5.36. The number of rotatable bonds is 0. The highest BCUT2D eigenvalue weighted by molar-refractivity contribution is 7.07. The number of hydrogen-bond donors (Lipinski definition) is 1. The van der Waals surface area contributed by atoms with Gasteiger partial charge in [0, 0.05) is 5.69 Å². The fourth-order valence-electron chi connectivity index (χ4n) is 1.06. The van der Waals surface area contributed by atoms with E-state index in [2.05, 4.69) is 0 Å². The van der Waals surface area contributed by atoms with Crippen molar-refractivity contribution in [2.24, 2.45) is 0 Å². The summed E-state index contributed by atoms with van der Waals surface area (Å²) in [5.41, 5.74) is 6.18. The zero-order valence-corrected chi connectivity index (χ0v) is 11.0. The quantitative estimate of drug-likeness (QED) is 0.579. The van der Waals surface area contributed by atoms with Crippen molar-refractivity contribution in [1.29, 1.82) is 0 Å². The first-order chi connectivity index (χ1) is 8.89. The van der Waals surface area contributed by atoms with Gasteiger partial charge in [0.25, 0.3) is 0 Å². The van der Waals surface area contributed by atoms with Crippen LogP contribution < -0.4 is 5.73 Å². The summed E-state index contributed by atoms with van der Waals surface area (Å²) in [6.45, 7) is 0. The Morgan fingerprint density at radius 3 is 1.17 bits per heavy atom. The highest BCUT2D eigenvalue weighted by Crippen LogP contribution is 1.95. The van der Waals surface area contributed by atoms with Crippen molar-refractivity contribution in [3.63, 3.8) is 0 Å². The molecular formula is C16H17NS. The molecule has 2 N–H and O–H groups in total. The summed E-state index contributed by atoms with van der Waals surface area (Å²) in [6, 6.07) is 25.5. The van der Waals surface area contributed by atoms with E-state index in [4.69, 9.17) is 5.73 Å². The first-order valence-electron chi connectivity index (χ1n) is 5.67. The normalized spacial score (nSPS) is 8.22. The molecule has 1 aromatic heterocycles. The summed E-state index contributed by atoms with van der Waals surface area (Å²) in [5.74, 6) is 0. The van der Waals surface area contributed by atoms with Crippen molar-refractivity contribution >= 4 is 17.0 Å². The molecule has 1 nitrogen and oxygen atoms in total. The Morgan fingerprint density at radius 1 is 0.556 bits per heavy atom. The van der Waals surface area contributed by atoms with Crippen molar-refractivity contribution in [2.75, 3.05) is 5.73 Å². The molecule has 2 heteroatoms. The largest absolute Gasteiger partial charge is 0.399 e. The van der Waals surface area contributed by atoms with Crippen LogP contribution in [0.1, 0.15) is 0 Å². The molecule has 0 bridgehead atoms. The van der Waals surface area contributed by atoms with Crippen LogP contribution in [0.5, 0.6) is 0 Å². The first-order valence-corrected chi connectivity index (χ1v) is 6.61. The molecule has 0 unspecified atom stereocenters. The van der Waals surface area contributed by atoms with Crippen LogP contribution in [-0.4, -0.2) is 0 Å². The molecule has 1 heterocycles. The molecule has 0 radical (unpaired) electrons. The van der Waals surface area contributed by atoms with E-state index >= 15 is 0 Å². The van der Waals surface area contributed by atoms with Crippen LogP contribution in [0.15, 0.2) is 89.6 Å². The van der Waals surface area contributed by atoms with Crippen LogP contribution in [0.25, 0.3) is 0 Å². The predicted octanol–water partition coefficient (Wildman–Crippen LogP) is 4.70. The molecule has 0 spiro atoms. The van der Waals surface area contributed by atoms with Crippen molar-refractivity contribution in [2.45, 2.75) is 0 Å². The van der Waals surface area contributed by atoms with Gasteiger partial charge in [-0.15, -0.1) is 0 Å². The molecule has 3 aromatic rings. The third kappa shape index (κ3) is 8.13. The minimum absolute atomic E-state index is 0.822. The lowest BCUT2D eigenvalue weighted by Crippen LogP contribution is -1.79. The first kappa shape index (κ1) is 14.0. The van der Waals surface area contributed by atoms with Gasteiger partial charge in [-0.05, 0) is 22.9 Å². The van der Waals surface area contributed by atoms with E-state index in [0.717, 1.165) is 5.69 Å². The summed E-state index contributed by atoms with van der Waals surface area (Å²) in [6.07, 6.45) is 0. The van der Waals surface area contributed by atoms with Gasteiger partial charge in [-0.2, -0.15) is 11.3 Å². The van der Waals surface area contributed by atoms with E-state index < -0.39 is 0 Å². The Labute approximate surface area is 113 Å². The third-order valence-corrected chi connectivity index (χ3v) is 2.52. The van der Waals surface area contributed by atoms with Gasteiger partial charge in [-0.3, -0.25) is 0 Å². The van der Waals surface area contributed by atoms with Gasteiger partial charge in [-0.1, -0.05) is 66.7 Å². The third-order valence-electron chi connectivity index (χ3n) is 1.89. The monoisotopic (exact) mass is 255 g/mol. The Hall–Kier alpha value is -2.06. The van der Waals surface area contributed by atoms with Crippen LogP contribution in [0.4, 0.5) is 5.69 Å². The van der Waals surface area contributed by atoms with Crippen molar-refractivity contribution < 1.29 is 0 Å². The fourth-order valence-corrected chi connectivity index (χ4v) is 1.52. The van der Waals surface area contributed by atoms with E-state index in [1.807, 2.05) is 89.6 Å². The average Bonchev–Trinajstić information content (AvgIpc) is 3.01. The van der Waals surface area contributed by atoms with Gasteiger partial charge in [-0.25, -0.2) is 0 Å². The fraction of sp³-hybridized carbons (Fsp3) is 0. The zero-order valence-electron chi connectivity index (χ0n) is 10.1. The summed E-state index contributed by atoms with van der Waals surface area (Å²) in [4.78, 5) is 0. The minimum atomic E-state index is 0.822. The van der Waals surface area contributed by atoms with Crippen LogP contribution in [0.2, 0.25) is 0 Å². The molecule has 0 aliphatic rings. The van der Waals surface area contributed by atoms with Crippen LogP contribution >= 0.6 is 11.3 Å². The number of para-hydroxylation sites is 1. The molecule has 0 atom stereocenters. The van der Waals surface area contributed by atoms with Crippen LogP contribution in [0, 0.1) is 0 Å². The maximum atomic E-state index is 5.36. The van der Waals surface area contributed by atoms with E-state index in [0.29, 0.717) is 0 Å². The highest BCUT2D eigenvalue weighted by Gasteiger charge is 1.72. The number of thiophene rings is 1. The minimum Gasteiger partial charge on any atom is -0.399 e. The molecule has 0 fully saturated rings. The smallest absolute Gasteiger partial charge is 0.0313 e. The van der Waals surface area contributed by atoms with Gasteiger partial charge in [0.05, 0.1) is 0 Å². The topological polar surface area (TPSA) is 26.0 Å². The Kier molecular flexibility index (Phi) is 7.87. The molecule has 92 valence electrons.